The van der Waals surface area contributed by atoms with Crippen molar-refractivity contribution in [2.45, 2.75) is 19.9 Å². The fourth-order valence-corrected chi connectivity index (χ4v) is 3.64. The van der Waals surface area contributed by atoms with Gasteiger partial charge < -0.3 is 19.4 Å². The molecule has 6 nitrogen and oxygen atoms in total. The third-order valence-electron chi connectivity index (χ3n) is 5.13. The summed E-state index contributed by atoms with van der Waals surface area (Å²) in [6.07, 6.45) is 0.628. The molecule has 0 saturated heterocycles. The largest absolute Gasteiger partial charge is 0.490 e. The van der Waals surface area contributed by atoms with E-state index in [9.17, 15) is 4.79 Å². The maximum atomic E-state index is 12.3. The summed E-state index contributed by atoms with van der Waals surface area (Å²) in [5, 5.41) is 2.98. The second kappa shape index (κ2) is 10.5. The van der Waals surface area contributed by atoms with Crippen LogP contribution >= 0.6 is 0 Å². The molecule has 0 aliphatic carbocycles. The minimum Gasteiger partial charge on any atom is -0.490 e. The average Bonchev–Trinajstić information content (AvgIpc) is 3.18. The molecule has 1 heterocycles. The monoisotopic (exact) mass is 429 g/mol. The Bertz CT molecular complexity index is 1170. The number of hydrogen-bond donors (Lipinski definition) is 1. The number of nitrogens with zero attached hydrogens (tertiary/aromatic N) is 2. The molecule has 32 heavy (non-hydrogen) atoms. The van der Waals surface area contributed by atoms with E-state index >= 15 is 0 Å². The third kappa shape index (κ3) is 5.09. The van der Waals surface area contributed by atoms with Crippen LogP contribution in [0.25, 0.3) is 11.0 Å². The summed E-state index contributed by atoms with van der Waals surface area (Å²) in [7, 11) is 0. The number of aromatic nitrogens is 2. The van der Waals surface area contributed by atoms with Crippen LogP contribution in [-0.4, -0.2) is 35.2 Å². The Morgan fingerprint density at radius 3 is 2.38 bits per heavy atom. The van der Waals surface area contributed by atoms with E-state index in [-0.39, 0.29) is 5.91 Å². The highest BCUT2D eigenvalue weighted by atomic mass is 16.5. The summed E-state index contributed by atoms with van der Waals surface area (Å²) in [4.78, 5) is 17.1. The molecule has 0 aliphatic heterocycles. The van der Waals surface area contributed by atoms with E-state index in [2.05, 4.69) is 16.0 Å². The molecular weight excluding hydrogens is 402 g/mol. The number of hydrogen-bond acceptors (Lipinski definition) is 4. The third-order valence-corrected chi connectivity index (χ3v) is 5.13. The van der Waals surface area contributed by atoms with E-state index in [0.717, 1.165) is 28.4 Å². The number of ether oxygens (including phenoxy) is 2. The lowest BCUT2D eigenvalue weighted by molar-refractivity contribution is 0.0954. The molecule has 6 heteroatoms. The van der Waals surface area contributed by atoms with Crippen LogP contribution in [0.5, 0.6) is 11.5 Å². The Labute approximate surface area is 187 Å². The Morgan fingerprint density at radius 2 is 1.59 bits per heavy atom. The summed E-state index contributed by atoms with van der Waals surface area (Å²) in [6.45, 7) is 4.17. The van der Waals surface area contributed by atoms with E-state index in [1.165, 1.54) is 0 Å². The van der Waals surface area contributed by atoms with E-state index in [1.807, 2.05) is 79.7 Å². The summed E-state index contributed by atoms with van der Waals surface area (Å²) in [5.41, 5.74) is 2.65. The molecule has 0 fully saturated rings. The van der Waals surface area contributed by atoms with Gasteiger partial charge in [0, 0.05) is 18.5 Å². The first kappa shape index (κ1) is 21.4. The van der Waals surface area contributed by atoms with Crippen LogP contribution in [0.4, 0.5) is 0 Å². The van der Waals surface area contributed by atoms with Gasteiger partial charge in [-0.2, -0.15) is 0 Å². The van der Waals surface area contributed by atoms with Crippen LogP contribution in [0.15, 0.2) is 78.9 Å². The quantitative estimate of drug-likeness (QED) is 0.404. The smallest absolute Gasteiger partial charge is 0.251 e. The molecule has 1 aromatic heterocycles. The van der Waals surface area contributed by atoms with E-state index < -0.39 is 0 Å². The van der Waals surface area contributed by atoms with Crippen molar-refractivity contribution in [1.82, 2.24) is 14.9 Å². The predicted octanol–water partition coefficient (Wildman–Crippen LogP) is 4.49. The average molecular weight is 430 g/mol. The van der Waals surface area contributed by atoms with E-state index in [1.54, 1.807) is 0 Å². The molecule has 3 aromatic carbocycles. The Balaban J connectivity index is 1.43. The zero-order valence-electron chi connectivity index (χ0n) is 18.2. The lowest BCUT2D eigenvalue weighted by Crippen LogP contribution is -2.26. The molecule has 0 unspecified atom stereocenters. The van der Waals surface area contributed by atoms with Crippen LogP contribution in [0, 0.1) is 0 Å². The van der Waals surface area contributed by atoms with Gasteiger partial charge in [0.15, 0.2) is 11.5 Å². The summed E-state index contributed by atoms with van der Waals surface area (Å²) < 4.78 is 13.8. The van der Waals surface area contributed by atoms with Gasteiger partial charge in [-0.1, -0.05) is 42.5 Å². The Kier molecular flexibility index (Phi) is 7.02. The van der Waals surface area contributed by atoms with Gasteiger partial charge in [0.2, 0.25) is 0 Å². The van der Waals surface area contributed by atoms with Crippen molar-refractivity contribution in [3.8, 4) is 11.5 Å². The van der Waals surface area contributed by atoms with Crippen molar-refractivity contribution in [3.63, 3.8) is 0 Å². The highest BCUT2D eigenvalue weighted by molar-refractivity contribution is 5.94. The lowest BCUT2D eigenvalue weighted by Gasteiger charge is -2.13. The molecule has 1 amide bonds. The predicted molar refractivity (Wildman–Crippen MR) is 125 cm³/mol. The molecule has 0 atom stereocenters. The first-order valence-corrected chi connectivity index (χ1v) is 10.9. The molecular formula is C26H27N3O3. The maximum Gasteiger partial charge on any atom is 0.251 e. The molecule has 0 radical (unpaired) electrons. The zero-order valence-corrected chi connectivity index (χ0v) is 18.2. The van der Waals surface area contributed by atoms with Gasteiger partial charge in [-0.15, -0.1) is 0 Å². The molecule has 0 bridgehead atoms. The van der Waals surface area contributed by atoms with Crippen LogP contribution < -0.4 is 14.8 Å². The van der Waals surface area contributed by atoms with Crippen molar-refractivity contribution in [2.24, 2.45) is 0 Å². The number of carbonyl (C=O) groups is 1. The van der Waals surface area contributed by atoms with Crippen LogP contribution in [0.3, 0.4) is 0 Å². The van der Waals surface area contributed by atoms with Crippen molar-refractivity contribution >= 4 is 16.9 Å². The molecule has 1 N–H and O–H groups in total. The molecule has 0 aliphatic rings. The second-order valence-electron chi connectivity index (χ2n) is 7.27. The van der Waals surface area contributed by atoms with E-state index in [4.69, 9.17) is 14.5 Å². The molecule has 0 saturated carbocycles. The number of para-hydroxylation sites is 4. The van der Waals surface area contributed by atoms with Crippen molar-refractivity contribution in [2.75, 3.05) is 19.8 Å². The van der Waals surface area contributed by atoms with Crippen molar-refractivity contribution in [3.05, 3.63) is 90.3 Å². The minimum absolute atomic E-state index is 0.0795. The topological polar surface area (TPSA) is 65.4 Å². The fourth-order valence-electron chi connectivity index (χ4n) is 3.64. The Morgan fingerprint density at radius 1 is 0.906 bits per heavy atom. The molecule has 4 rings (SSSR count). The number of nitrogens with one attached hydrogen (secondary N) is 1. The zero-order chi connectivity index (χ0) is 22.2. The Hall–Kier alpha value is -3.80. The first-order valence-electron chi connectivity index (χ1n) is 10.9. The van der Waals surface area contributed by atoms with Crippen LogP contribution in [0.1, 0.15) is 23.1 Å². The fraction of sp³-hybridized carbons (Fsp3) is 0.231. The van der Waals surface area contributed by atoms with Crippen LogP contribution in [0.2, 0.25) is 0 Å². The normalized spacial score (nSPS) is 10.8. The first-order chi connectivity index (χ1) is 15.8. The number of amides is 1. The lowest BCUT2D eigenvalue weighted by atomic mass is 10.2. The van der Waals surface area contributed by atoms with Gasteiger partial charge in [0.25, 0.3) is 5.91 Å². The van der Waals surface area contributed by atoms with Gasteiger partial charge in [-0.05, 0) is 43.3 Å². The number of imidazole rings is 1. The molecule has 4 aromatic rings. The van der Waals surface area contributed by atoms with Gasteiger partial charge >= 0.3 is 0 Å². The van der Waals surface area contributed by atoms with Crippen molar-refractivity contribution < 1.29 is 14.3 Å². The van der Waals surface area contributed by atoms with Crippen LogP contribution in [-0.2, 0) is 13.0 Å². The maximum absolute atomic E-state index is 12.3. The van der Waals surface area contributed by atoms with E-state index in [0.29, 0.717) is 38.3 Å². The molecule has 164 valence electrons. The van der Waals surface area contributed by atoms with Gasteiger partial charge in [0.1, 0.15) is 12.4 Å². The van der Waals surface area contributed by atoms with Gasteiger partial charge in [0.05, 0.1) is 24.2 Å². The number of rotatable bonds is 10. The van der Waals surface area contributed by atoms with Crippen molar-refractivity contribution in [1.29, 1.82) is 0 Å². The van der Waals surface area contributed by atoms with Gasteiger partial charge in [-0.3, -0.25) is 4.79 Å². The second-order valence-corrected chi connectivity index (χ2v) is 7.27. The SMILES string of the molecule is CCOc1ccccc1OCCn1c(CCNC(=O)c2ccccc2)nc2ccccc21. The number of carbonyl (C=O) groups excluding carboxylic acids is 1. The molecule has 0 spiro atoms. The summed E-state index contributed by atoms with van der Waals surface area (Å²) in [6, 6.07) is 25.0. The van der Waals surface area contributed by atoms with Gasteiger partial charge in [-0.25, -0.2) is 4.98 Å². The highest BCUT2D eigenvalue weighted by Gasteiger charge is 2.12. The summed E-state index contributed by atoms with van der Waals surface area (Å²) >= 11 is 0. The number of benzene rings is 3. The highest BCUT2D eigenvalue weighted by Crippen LogP contribution is 2.26. The standard InChI is InChI=1S/C26H27N3O3/c1-2-31-23-14-8-9-15-24(23)32-19-18-29-22-13-7-6-12-21(22)28-25(29)16-17-27-26(30)20-10-4-3-5-11-20/h3-15H,2,16-19H2,1H3,(H,27,30). The number of fused-ring (bicyclic) bond motifs is 1. The summed E-state index contributed by atoms with van der Waals surface area (Å²) in [5.74, 6) is 2.31. The minimum atomic E-state index is -0.0795.